The first-order chi connectivity index (χ1) is 15.0. The number of hydrogen-bond acceptors (Lipinski definition) is 6. The van der Waals surface area contributed by atoms with Crippen molar-refractivity contribution in [3.05, 3.63) is 100 Å². The highest BCUT2D eigenvalue weighted by molar-refractivity contribution is 6.39. The zero-order valence-electron chi connectivity index (χ0n) is 16.2. The van der Waals surface area contributed by atoms with Crippen molar-refractivity contribution in [1.82, 2.24) is 5.43 Å². The largest absolute Gasteiger partial charge is 0.489 e. The van der Waals surface area contributed by atoms with Gasteiger partial charge in [-0.05, 0) is 35.9 Å². The first-order valence-electron chi connectivity index (χ1n) is 9.17. The van der Waals surface area contributed by atoms with E-state index in [0.717, 1.165) is 11.8 Å². The molecule has 3 aromatic rings. The summed E-state index contributed by atoms with van der Waals surface area (Å²) in [6.07, 6.45) is 1.10. The third kappa shape index (κ3) is 6.23. The third-order valence-electron chi connectivity index (χ3n) is 4.07. The molecule has 3 aromatic carbocycles. The molecule has 0 fully saturated rings. The van der Waals surface area contributed by atoms with E-state index in [1.807, 2.05) is 35.8 Å². The number of carbonyl (C=O) groups is 2. The summed E-state index contributed by atoms with van der Waals surface area (Å²) in [6, 6.07) is 22.1. The fraction of sp³-hybridized carbons (Fsp3) is 0.0455. The Morgan fingerprint density at radius 1 is 0.935 bits per heavy atom. The number of para-hydroxylation sites is 1. The third-order valence-corrected chi connectivity index (χ3v) is 4.07. The van der Waals surface area contributed by atoms with Crippen LogP contribution < -0.4 is 15.5 Å². The van der Waals surface area contributed by atoms with Crippen LogP contribution in [0, 0.1) is 10.1 Å². The molecule has 2 N–H and O–H groups in total. The lowest BCUT2D eigenvalue weighted by atomic mass is 10.2. The number of anilines is 1. The summed E-state index contributed by atoms with van der Waals surface area (Å²) in [6.45, 7) is 0.409. The van der Waals surface area contributed by atoms with Gasteiger partial charge in [0.1, 0.15) is 12.4 Å². The number of nitro benzene ring substituents is 1. The molecule has 3 rings (SSSR count). The number of hydrazone groups is 1. The highest BCUT2D eigenvalue weighted by atomic mass is 16.6. The van der Waals surface area contributed by atoms with Gasteiger partial charge in [-0.1, -0.05) is 42.5 Å². The first kappa shape index (κ1) is 21.2. The van der Waals surface area contributed by atoms with E-state index in [2.05, 4.69) is 10.4 Å². The van der Waals surface area contributed by atoms with Crippen LogP contribution in [0.1, 0.15) is 11.1 Å². The van der Waals surface area contributed by atoms with E-state index in [4.69, 9.17) is 4.74 Å². The highest BCUT2D eigenvalue weighted by Gasteiger charge is 2.14. The summed E-state index contributed by atoms with van der Waals surface area (Å²) in [5.74, 6) is -1.34. The summed E-state index contributed by atoms with van der Waals surface area (Å²) in [5, 5.41) is 17.0. The number of hydrogen-bond donors (Lipinski definition) is 2. The molecule has 0 atom stereocenters. The van der Waals surface area contributed by atoms with E-state index >= 15 is 0 Å². The molecule has 0 aliphatic rings. The Labute approximate surface area is 177 Å². The van der Waals surface area contributed by atoms with E-state index in [1.54, 1.807) is 30.3 Å². The van der Waals surface area contributed by atoms with Gasteiger partial charge in [-0.2, -0.15) is 5.10 Å². The predicted octanol–water partition coefficient (Wildman–Crippen LogP) is 3.26. The molecule has 0 saturated heterocycles. The molecular formula is C22H18N4O5. The Bertz CT molecular complexity index is 1100. The molecule has 31 heavy (non-hydrogen) atoms. The minimum atomic E-state index is -1.01. The molecule has 0 unspecified atom stereocenters. The molecule has 0 spiro atoms. The number of nitrogens with one attached hydrogen (secondary N) is 2. The van der Waals surface area contributed by atoms with Crippen LogP contribution in [-0.2, 0) is 16.2 Å². The second-order valence-electron chi connectivity index (χ2n) is 6.27. The Balaban J connectivity index is 1.50. The average molecular weight is 418 g/mol. The summed E-state index contributed by atoms with van der Waals surface area (Å²) in [5.41, 5.74) is 3.49. The molecule has 0 heterocycles. The van der Waals surface area contributed by atoms with Gasteiger partial charge in [0.25, 0.3) is 5.69 Å². The van der Waals surface area contributed by atoms with Gasteiger partial charge in [-0.3, -0.25) is 19.7 Å². The van der Waals surface area contributed by atoms with Crippen LogP contribution in [0.15, 0.2) is 84.0 Å². The number of carbonyl (C=O) groups excluding carboxylic acids is 2. The maximum Gasteiger partial charge on any atom is 0.329 e. The Hall–Kier alpha value is -4.53. The SMILES string of the molecule is O=C(N/N=C\c1ccccc1[N+](=O)[O-])C(=O)Nc1ccc(OCc2ccccc2)cc1. The van der Waals surface area contributed by atoms with Gasteiger partial charge in [0, 0.05) is 11.8 Å². The fourth-order valence-corrected chi connectivity index (χ4v) is 2.54. The average Bonchev–Trinajstić information content (AvgIpc) is 2.79. The van der Waals surface area contributed by atoms with Crippen molar-refractivity contribution in [2.75, 3.05) is 5.32 Å². The molecule has 0 saturated carbocycles. The van der Waals surface area contributed by atoms with Crippen LogP contribution in [-0.4, -0.2) is 23.0 Å². The molecule has 0 radical (unpaired) electrons. The fourth-order valence-electron chi connectivity index (χ4n) is 2.54. The smallest absolute Gasteiger partial charge is 0.329 e. The lowest BCUT2D eigenvalue weighted by Crippen LogP contribution is -2.32. The van der Waals surface area contributed by atoms with E-state index in [9.17, 15) is 19.7 Å². The van der Waals surface area contributed by atoms with Gasteiger partial charge >= 0.3 is 11.8 Å². The molecule has 0 aliphatic carbocycles. The quantitative estimate of drug-likeness (QED) is 0.264. The minimum Gasteiger partial charge on any atom is -0.489 e. The van der Waals surface area contributed by atoms with E-state index in [0.29, 0.717) is 18.0 Å². The summed E-state index contributed by atoms with van der Waals surface area (Å²) < 4.78 is 5.66. The zero-order valence-corrected chi connectivity index (χ0v) is 16.2. The van der Waals surface area contributed by atoms with Crippen LogP contribution in [0.5, 0.6) is 5.75 Å². The van der Waals surface area contributed by atoms with Crippen molar-refractivity contribution < 1.29 is 19.2 Å². The minimum absolute atomic E-state index is 0.167. The van der Waals surface area contributed by atoms with Crippen molar-refractivity contribution in [3.63, 3.8) is 0 Å². The Kier molecular flexibility index (Phi) is 7.04. The Morgan fingerprint density at radius 2 is 1.61 bits per heavy atom. The van der Waals surface area contributed by atoms with Gasteiger partial charge in [0.2, 0.25) is 0 Å². The van der Waals surface area contributed by atoms with E-state index in [-0.39, 0.29) is 11.3 Å². The van der Waals surface area contributed by atoms with Crippen molar-refractivity contribution in [2.24, 2.45) is 5.10 Å². The molecular weight excluding hydrogens is 400 g/mol. The lowest BCUT2D eigenvalue weighted by Gasteiger charge is -2.08. The summed E-state index contributed by atoms with van der Waals surface area (Å²) in [7, 11) is 0. The highest BCUT2D eigenvalue weighted by Crippen LogP contribution is 2.17. The van der Waals surface area contributed by atoms with Crippen molar-refractivity contribution in [3.8, 4) is 5.75 Å². The maximum absolute atomic E-state index is 12.0. The maximum atomic E-state index is 12.0. The van der Waals surface area contributed by atoms with E-state index < -0.39 is 16.7 Å². The molecule has 0 aromatic heterocycles. The standard InChI is InChI=1S/C22H18N4O5/c27-21(22(28)25-23-14-17-8-4-5-9-20(17)26(29)30)24-18-10-12-19(13-11-18)31-15-16-6-2-1-3-7-16/h1-14H,15H2,(H,24,27)(H,25,28)/b23-14-. The lowest BCUT2D eigenvalue weighted by molar-refractivity contribution is -0.385. The van der Waals surface area contributed by atoms with Crippen LogP contribution >= 0.6 is 0 Å². The molecule has 2 amide bonds. The van der Waals surface area contributed by atoms with Crippen molar-refractivity contribution in [2.45, 2.75) is 6.61 Å². The Morgan fingerprint density at radius 3 is 2.32 bits per heavy atom. The molecule has 9 nitrogen and oxygen atoms in total. The van der Waals surface area contributed by atoms with E-state index in [1.165, 1.54) is 18.2 Å². The molecule has 9 heteroatoms. The summed E-state index contributed by atoms with van der Waals surface area (Å²) >= 11 is 0. The number of amides is 2. The first-order valence-corrected chi connectivity index (χ1v) is 9.17. The van der Waals surface area contributed by atoms with Crippen LogP contribution in [0.2, 0.25) is 0 Å². The van der Waals surface area contributed by atoms with Crippen LogP contribution in [0.25, 0.3) is 0 Å². The number of nitro groups is 1. The van der Waals surface area contributed by atoms with Gasteiger partial charge in [0.05, 0.1) is 16.7 Å². The van der Waals surface area contributed by atoms with Gasteiger partial charge in [-0.25, -0.2) is 5.43 Å². The van der Waals surface area contributed by atoms with Crippen LogP contribution in [0.4, 0.5) is 11.4 Å². The predicted molar refractivity (Wildman–Crippen MR) is 115 cm³/mol. The molecule has 0 aliphatic heterocycles. The number of nitrogens with zero attached hydrogens (tertiary/aromatic N) is 2. The zero-order chi connectivity index (χ0) is 22.1. The summed E-state index contributed by atoms with van der Waals surface area (Å²) in [4.78, 5) is 34.3. The second kappa shape index (κ2) is 10.3. The van der Waals surface area contributed by atoms with Crippen LogP contribution in [0.3, 0.4) is 0 Å². The van der Waals surface area contributed by atoms with Gasteiger partial charge in [-0.15, -0.1) is 0 Å². The molecule has 0 bridgehead atoms. The van der Waals surface area contributed by atoms with Gasteiger partial charge < -0.3 is 10.1 Å². The molecule has 156 valence electrons. The van der Waals surface area contributed by atoms with Crippen molar-refractivity contribution in [1.29, 1.82) is 0 Å². The second-order valence-corrected chi connectivity index (χ2v) is 6.27. The monoisotopic (exact) mass is 418 g/mol. The number of rotatable bonds is 7. The van der Waals surface area contributed by atoms with Gasteiger partial charge in [0.15, 0.2) is 0 Å². The normalized spacial score (nSPS) is 10.5. The topological polar surface area (TPSA) is 123 Å². The number of benzene rings is 3. The van der Waals surface area contributed by atoms with Crippen molar-refractivity contribution >= 4 is 29.4 Å². The number of ether oxygens (including phenoxy) is 1.